The third-order valence-electron chi connectivity index (χ3n) is 5.35. The van der Waals surface area contributed by atoms with Crippen LogP contribution in [0.25, 0.3) is 0 Å². The standard InChI is InChI=1S/C21H29N3O5/c1-5-12-21(15-10-8-7-9-11-15)19(27)24(20(28)23-21)13-16(25)22-17(14(3)6-2)18(26)29-4/h7-11,14,17H,5-6,12-13H2,1-4H3,(H,22,25)(H,23,28)/t14-,17+,21-/m0/s1. The van der Waals surface area contributed by atoms with Crippen molar-refractivity contribution < 1.29 is 23.9 Å². The number of carbonyl (C=O) groups excluding carboxylic acids is 4. The van der Waals surface area contributed by atoms with E-state index < -0.39 is 41.9 Å². The zero-order valence-corrected chi connectivity index (χ0v) is 17.4. The predicted octanol–water partition coefficient (Wildman–Crippen LogP) is 1.94. The number of nitrogens with one attached hydrogen (secondary N) is 2. The van der Waals surface area contributed by atoms with E-state index in [0.29, 0.717) is 24.8 Å². The summed E-state index contributed by atoms with van der Waals surface area (Å²) >= 11 is 0. The highest BCUT2D eigenvalue weighted by molar-refractivity contribution is 6.09. The van der Waals surface area contributed by atoms with Crippen molar-refractivity contribution >= 4 is 23.8 Å². The van der Waals surface area contributed by atoms with Gasteiger partial charge in [-0.2, -0.15) is 0 Å². The van der Waals surface area contributed by atoms with Gasteiger partial charge in [0.1, 0.15) is 18.1 Å². The molecule has 0 aliphatic carbocycles. The van der Waals surface area contributed by atoms with Crippen molar-refractivity contribution in [3.8, 4) is 0 Å². The van der Waals surface area contributed by atoms with Crippen LogP contribution in [0.15, 0.2) is 30.3 Å². The van der Waals surface area contributed by atoms with Gasteiger partial charge in [0.05, 0.1) is 7.11 Å². The molecule has 8 heteroatoms. The van der Waals surface area contributed by atoms with E-state index in [1.165, 1.54) is 7.11 Å². The Balaban J connectivity index is 2.20. The summed E-state index contributed by atoms with van der Waals surface area (Å²) in [4.78, 5) is 51.2. The molecule has 1 saturated heterocycles. The highest BCUT2D eigenvalue weighted by Gasteiger charge is 2.52. The van der Waals surface area contributed by atoms with Crippen LogP contribution in [0.3, 0.4) is 0 Å². The summed E-state index contributed by atoms with van der Waals surface area (Å²) in [6.07, 6.45) is 1.73. The van der Waals surface area contributed by atoms with Gasteiger partial charge in [-0.25, -0.2) is 9.59 Å². The molecule has 0 aromatic heterocycles. The molecule has 0 spiro atoms. The Kier molecular flexibility index (Phi) is 7.36. The van der Waals surface area contributed by atoms with Gasteiger partial charge in [-0.05, 0) is 17.9 Å². The van der Waals surface area contributed by atoms with Crippen LogP contribution in [0.5, 0.6) is 0 Å². The molecule has 1 heterocycles. The minimum Gasteiger partial charge on any atom is -0.467 e. The lowest BCUT2D eigenvalue weighted by molar-refractivity contribution is -0.146. The zero-order chi connectivity index (χ0) is 21.6. The van der Waals surface area contributed by atoms with E-state index in [2.05, 4.69) is 10.6 Å². The number of carbonyl (C=O) groups is 4. The molecule has 158 valence electrons. The van der Waals surface area contributed by atoms with Crippen molar-refractivity contribution in [1.29, 1.82) is 0 Å². The lowest BCUT2D eigenvalue weighted by Gasteiger charge is -2.27. The summed E-state index contributed by atoms with van der Waals surface area (Å²) < 4.78 is 4.76. The smallest absolute Gasteiger partial charge is 0.328 e. The third-order valence-corrected chi connectivity index (χ3v) is 5.35. The number of hydrogen-bond acceptors (Lipinski definition) is 5. The molecule has 2 N–H and O–H groups in total. The average molecular weight is 403 g/mol. The highest BCUT2D eigenvalue weighted by Crippen LogP contribution is 2.33. The average Bonchev–Trinajstić information content (AvgIpc) is 2.96. The summed E-state index contributed by atoms with van der Waals surface area (Å²) in [7, 11) is 1.25. The molecule has 2 rings (SSSR count). The van der Waals surface area contributed by atoms with Crippen molar-refractivity contribution in [3.63, 3.8) is 0 Å². The zero-order valence-electron chi connectivity index (χ0n) is 17.4. The molecular formula is C21H29N3O5. The van der Waals surface area contributed by atoms with Crippen LogP contribution in [0.2, 0.25) is 0 Å². The van der Waals surface area contributed by atoms with E-state index in [0.717, 1.165) is 4.90 Å². The lowest BCUT2D eigenvalue weighted by Crippen LogP contribution is -2.50. The van der Waals surface area contributed by atoms with Crippen LogP contribution < -0.4 is 10.6 Å². The highest BCUT2D eigenvalue weighted by atomic mass is 16.5. The second-order valence-corrected chi connectivity index (χ2v) is 7.30. The molecule has 1 aromatic carbocycles. The molecular weight excluding hydrogens is 374 g/mol. The van der Waals surface area contributed by atoms with Crippen molar-refractivity contribution in [2.75, 3.05) is 13.7 Å². The van der Waals surface area contributed by atoms with Crippen LogP contribution in [-0.2, 0) is 24.7 Å². The molecule has 3 atom stereocenters. The summed E-state index contributed by atoms with van der Waals surface area (Å²) in [5.74, 6) is -1.78. The second-order valence-electron chi connectivity index (χ2n) is 7.30. The van der Waals surface area contributed by atoms with Crippen LogP contribution >= 0.6 is 0 Å². The first-order chi connectivity index (χ1) is 13.8. The number of benzene rings is 1. The molecule has 8 nitrogen and oxygen atoms in total. The van der Waals surface area contributed by atoms with Gasteiger partial charge in [0.15, 0.2) is 0 Å². The number of amides is 4. The molecule has 1 fully saturated rings. The first-order valence-corrected chi connectivity index (χ1v) is 9.87. The molecule has 1 aliphatic rings. The van der Waals surface area contributed by atoms with Crippen LogP contribution in [0.4, 0.5) is 4.79 Å². The van der Waals surface area contributed by atoms with E-state index in [1.54, 1.807) is 24.3 Å². The summed E-state index contributed by atoms with van der Waals surface area (Å²) in [6, 6.07) is 7.54. The lowest BCUT2D eigenvalue weighted by atomic mass is 9.85. The minimum absolute atomic E-state index is 0.155. The van der Waals surface area contributed by atoms with Gasteiger partial charge in [0, 0.05) is 0 Å². The van der Waals surface area contributed by atoms with Crippen molar-refractivity contribution in [3.05, 3.63) is 35.9 Å². The molecule has 1 aromatic rings. The monoisotopic (exact) mass is 403 g/mol. The second kappa shape index (κ2) is 9.54. The van der Waals surface area contributed by atoms with Gasteiger partial charge in [-0.15, -0.1) is 0 Å². The van der Waals surface area contributed by atoms with Crippen molar-refractivity contribution in [1.82, 2.24) is 15.5 Å². The number of esters is 1. The fourth-order valence-electron chi connectivity index (χ4n) is 3.54. The van der Waals surface area contributed by atoms with Gasteiger partial charge < -0.3 is 15.4 Å². The maximum absolute atomic E-state index is 13.2. The van der Waals surface area contributed by atoms with Gasteiger partial charge in [0.25, 0.3) is 5.91 Å². The Hall–Kier alpha value is -2.90. The van der Waals surface area contributed by atoms with Crippen LogP contribution in [0.1, 0.15) is 45.6 Å². The Labute approximate surface area is 171 Å². The predicted molar refractivity (Wildman–Crippen MR) is 107 cm³/mol. The molecule has 4 amide bonds. The van der Waals surface area contributed by atoms with Crippen LogP contribution in [-0.4, -0.2) is 48.4 Å². The number of hydrogen-bond donors (Lipinski definition) is 2. The number of nitrogens with zero attached hydrogens (tertiary/aromatic N) is 1. The quantitative estimate of drug-likeness (QED) is 0.484. The van der Waals surface area contributed by atoms with E-state index in [1.807, 2.05) is 26.8 Å². The minimum atomic E-state index is -1.19. The van der Waals surface area contributed by atoms with E-state index >= 15 is 0 Å². The van der Waals surface area contributed by atoms with E-state index in [9.17, 15) is 19.2 Å². The number of imide groups is 1. The maximum Gasteiger partial charge on any atom is 0.328 e. The Morgan fingerprint density at radius 1 is 1.21 bits per heavy atom. The molecule has 0 unspecified atom stereocenters. The van der Waals surface area contributed by atoms with Gasteiger partial charge >= 0.3 is 12.0 Å². The van der Waals surface area contributed by atoms with Gasteiger partial charge in [0.2, 0.25) is 5.91 Å². The Bertz CT molecular complexity index is 767. The van der Waals surface area contributed by atoms with Crippen molar-refractivity contribution in [2.45, 2.75) is 51.6 Å². The van der Waals surface area contributed by atoms with E-state index in [4.69, 9.17) is 4.74 Å². The fourth-order valence-corrected chi connectivity index (χ4v) is 3.54. The number of rotatable bonds is 9. The fraction of sp³-hybridized carbons (Fsp3) is 0.524. The molecule has 0 bridgehead atoms. The summed E-state index contributed by atoms with van der Waals surface area (Å²) in [5, 5.41) is 5.37. The Morgan fingerprint density at radius 2 is 1.86 bits per heavy atom. The van der Waals surface area contributed by atoms with Crippen LogP contribution in [0, 0.1) is 5.92 Å². The number of ether oxygens (including phenoxy) is 1. The Morgan fingerprint density at radius 3 is 2.41 bits per heavy atom. The van der Waals surface area contributed by atoms with Crippen molar-refractivity contribution in [2.24, 2.45) is 5.92 Å². The first-order valence-electron chi connectivity index (χ1n) is 9.87. The molecule has 0 radical (unpaired) electrons. The SMILES string of the molecule is CCC[C@@]1(c2ccccc2)NC(=O)N(CC(=O)N[C@@H](C(=O)OC)[C@@H](C)CC)C1=O. The molecule has 0 saturated carbocycles. The van der Waals surface area contributed by atoms with Gasteiger partial charge in [-0.1, -0.05) is 63.9 Å². The maximum atomic E-state index is 13.2. The largest absolute Gasteiger partial charge is 0.467 e. The summed E-state index contributed by atoms with van der Waals surface area (Å²) in [5.41, 5.74) is -0.513. The normalized spacial score (nSPS) is 20.8. The molecule has 29 heavy (non-hydrogen) atoms. The third kappa shape index (κ3) is 4.58. The topological polar surface area (TPSA) is 105 Å². The van der Waals surface area contributed by atoms with E-state index in [-0.39, 0.29) is 5.92 Å². The van der Waals surface area contributed by atoms with Gasteiger partial charge in [-0.3, -0.25) is 14.5 Å². The molecule has 1 aliphatic heterocycles. The first kappa shape index (κ1) is 22.4. The number of methoxy groups -OCH3 is 1. The summed E-state index contributed by atoms with van der Waals surface area (Å²) in [6.45, 7) is 5.17. The number of urea groups is 1.